The molecule has 15 heteroatoms. The molecule has 2 atom stereocenters. The number of fused-ring (bicyclic) bond motifs is 3. The number of likely N-dealkylation sites (N-methyl/N-ethyl adjacent to an activating group) is 1. The molecule has 1 aromatic heterocycles. The molecule has 3 heterocycles. The molecule has 0 aliphatic carbocycles. The van der Waals surface area contributed by atoms with E-state index < -0.39 is 54.6 Å². The van der Waals surface area contributed by atoms with Crippen molar-refractivity contribution in [2.24, 2.45) is 0 Å². The molecule has 4 amide bonds. The molecule has 0 fully saturated rings. The first-order valence-electron chi connectivity index (χ1n) is 11.2. The summed E-state index contributed by atoms with van der Waals surface area (Å²) in [6.45, 7) is 0.617. The third-order valence-corrected chi connectivity index (χ3v) is 6.46. The molecule has 2 aliphatic rings. The van der Waals surface area contributed by atoms with E-state index in [2.05, 4.69) is 10.4 Å². The molecule has 2 aromatic rings. The Hall–Kier alpha value is -3.39. The molecule has 37 heavy (non-hydrogen) atoms. The lowest BCUT2D eigenvalue weighted by atomic mass is 9.99. The van der Waals surface area contributed by atoms with Gasteiger partial charge >= 0.3 is 6.03 Å². The van der Waals surface area contributed by atoms with Gasteiger partial charge in [0.05, 0.1) is 36.0 Å². The first-order chi connectivity index (χ1) is 17.4. The summed E-state index contributed by atoms with van der Waals surface area (Å²) in [5, 5.41) is 7.27. The van der Waals surface area contributed by atoms with Crippen LogP contribution < -0.4 is 5.32 Å². The number of nitrogens with zero attached hydrogens (tertiary/aromatic N) is 5. The molecule has 10 nitrogen and oxygen atoms in total. The predicted octanol–water partition coefficient (Wildman–Crippen LogP) is 2.90. The van der Waals surface area contributed by atoms with Gasteiger partial charge in [-0.15, -0.1) is 0 Å². The van der Waals surface area contributed by atoms with Crippen LogP contribution >= 0.6 is 11.6 Å². The standard InChI is InChI=1S/C22H23ClF4N6O4/c1-10-4-15-11(7-32(10)22(36)28-16-5-12(23)13(24)6-14(16)25)19-21(35)31(3)37-17(8-33(19)29-15)20(34)30(2)9-18(26)27/h5-6,10,17-18H,4,7-9H2,1-3H3,(H,28,36)/t10-,17+/m1/s1. The number of rotatable bonds is 4. The molecular weight excluding hydrogens is 524 g/mol. The molecule has 1 aromatic carbocycles. The van der Waals surface area contributed by atoms with Gasteiger partial charge in [-0.25, -0.2) is 27.4 Å². The lowest BCUT2D eigenvalue weighted by Gasteiger charge is -2.33. The van der Waals surface area contributed by atoms with E-state index >= 15 is 0 Å². The number of urea groups is 1. The monoisotopic (exact) mass is 546 g/mol. The molecule has 200 valence electrons. The minimum atomic E-state index is -2.75. The summed E-state index contributed by atoms with van der Waals surface area (Å²) in [5.74, 6) is -3.39. The maximum absolute atomic E-state index is 14.2. The number of aromatic nitrogens is 2. The van der Waals surface area contributed by atoms with Gasteiger partial charge in [-0.2, -0.15) is 5.10 Å². The summed E-state index contributed by atoms with van der Waals surface area (Å²) in [7, 11) is 2.48. The van der Waals surface area contributed by atoms with Crippen molar-refractivity contribution in [2.75, 3.05) is 26.0 Å². The maximum atomic E-state index is 14.2. The zero-order valence-electron chi connectivity index (χ0n) is 20.0. The fraction of sp³-hybridized carbons (Fsp3) is 0.455. The van der Waals surface area contributed by atoms with Crippen LogP contribution in [0.3, 0.4) is 0 Å². The van der Waals surface area contributed by atoms with E-state index in [1.807, 2.05) is 0 Å². The Bertz CT molecular complexity index is 1260. The van der Waals surface area contributed by atoms with Crippen LogP contribution in [0.4, 0.5) is 28.0 Å². The molecule has 0 saturated carbocycles. The van der Waals surface area contributed by atoms with Gasteiger partial charge in [-0.05, 0) is 13.0 Å². The second-order valence-corrected chi connectivity index (χ2v) is 9.23. The van der Waals surface area contributed by atoms with Gasteiger partial charge in [0.1, 0.15) is 17.3 Å². The Morgan fingerprint density at radius 1 is 1.30 bits per heavy atom. The topological polar surface area (TPSA) is 100 Å². The molecule has 2 aliphatic heterocycles. The van der Waals surface area contributed by atoms with Crippen molar-refractivity contribution in [3.8, 4) is 0 Å². The summed E-state index contributed by atoms with van der Waals surface area (Å²) < 4.78 is 54.4. The Morgan fingerprint density at radius 3 is 2.68 bits per heavy atom. The molecule has 0 radical (unpaired) electrons. The smallest absolute Gasteiger partial charge is 0.322 e. The van der Waals surface area contributed by atoms with Gasteiger partial charge in [0.25, 0.3) is 18.2 Å². The highest BCUT2D eigenvalue weighted by Gasteiger charge is 2.40. The average molecular weight is 547 g/mol. The van der Waals surface area contributed by atoms with E-state index in [1.165, 1.54) is 23.7 Å². The number of benzene rings is 1. The van der Waals surface area contributed by atoms with Crippen LogP contribution in [0.1, 0.15) is 28.7 Å². The molecule has 0 saturated heterocycles. The SMILES string of the molecule is C[C@@H]1Cc2nn3c(c2CN1C(=O)Nc1cc(Cl)c(F)cc1F)C(=O)N(C)O[C@H](C(=O)N(C)CC(F)F)C3. The molecule has 0 spiro atoms. The number of alkyl halides is 2. The van der Waals surface area contributed by atoms with E-state index in [9.17, 15) is 31.9 Å². The quantitative estimate of drug-likeness (QED) is 0.470. The number of nitrogens with one attached hydrogen (secondary N) is 1. The predicted molar refractivity (Wildman–Crippen MR) is 122 cm³/mol. The number of halogens is 5. The van der Waals surface area contributed by atoms with Crippen LogP contribution in [-0.2, 0) is 29.1 Å². The number of hydrogen-bond donors (Lipinski definition) is 1. The first kappa shape index (κ1) is 26.7. The van der Waals surface area contributed by atoms with Crippen LogP contribution in [0.2, 0.25) is 5.02 Å². The summed E-state index contributed by atoms with van der Waals surface area (Å²) in [6.07, 6.45) is -3.80. The summed E-state index contributed by atoms with van der Waals surface area (Å²) in [6, 6.07) is 0.364. The number of anilines is 1. The molecule has 0 unspecified atom stereocenters. The Kier molecular flexibility index (Phi) is 7.33. The molecule has 4 rings (SSSR count). The average Bonchev–Trinajstić information content (AvgIpc) is 3.10. The fourth-order valence-electron chi connectivity index (χ4n) is 4.29. The highest BCUT2D eigenvalue weighted by atomic mass is 35.5. The maximum Gasteiger partial charge on any atom is 0.322 e. The van der Waals surface area contributed by atoms with Crippen LogP contribution in [0.25, 0.3) is 0 Å². The Morgan fingerprint density at radius 2 is 2.00 bits per heavy atom. The zero-order valence-corrected chi connectivity index (χ0v) is 20.7. The van der Waals surface area contributed by atoms with Crippen molar-refractivity contribution < 1.29 is 36.8 Å². The van der Waals surface area contributed by atoms with E-state index in [0.717, 1.165) is 16.0 Å². The lowest BCUT2D eigenvalue weighted by molar-refractivity contribution is -0.177. The highest BCUT2D eigenvalue weighted by molar-refractivity contribution is 6.31. The van der Waals surface area contributed by atoms with Gasteiger partial charge in [0.15, 0.2) is 6.10 Å². The molecule has 0 bridgehead atoms. The fourth-order valence-corrected chi connectivity index (χ4v) is 4.45. The highest BCUT2D eigenvalue weighted by Crippen LogP contribution is 2.30. The number of hydroxylamine groups is 2. The van der Waals surface area contributed by atoms with Crippen molar-refractivity contribution in [3.63, 3.8) is 0 Å². The van der Waals surface area contributed by atoms with Gasteiger partial charge < -0.3 is 15.1 Å². The van der Waals surface area contributed by atoms with Crippen LogP contribution in [0, 0.1) is 11.6 Å². The third-order valence-electron chi connectivity index (χ3n) is 6.17. The van der Waals surface area contributed by atoms with Crippen LogP contribution in [0.5, 0.6) is 0 Å². The van der Waals surface area contributed by atoms with Crippen molar-refractivity contribution in [2.45, 2.75) is 45.0 Å². The lowest BCUT2D eigenvalue weighted by Crippen LogP contribution is -2.45. The van der Waals surface area contributed by atoms with Crippen molar-refractivity contribution in [1.82, 2.24) is 24.6 Å². The van der Waals surface area contributed by atoms with Gasteiger partial charge in [-0.3, -0.25) is 19.1 Å². The Labute approximate surface area is 213 Å². The van der Waals surface area contributed by atoms with E-state index in [4.69, 9.17) is 16.4 Å². The van der Waals surface area contributed by atoms with Crippen molar-refractivity contribution in [1.29, 1.82) is 0 Å². The van der Waals surface area contributed by atoms with Crippen molar-refractivity contribution >= 4 is 35.1 Å². The minimum Gasteiger partial charge on any atom is -0.338 e. The summed E-state index contributed by atoms with van der Waals surface area (Å²) >= 11 is 5.70. The Balaban J connectivity index is 1.60. The number of carbonyl (C=O) groups excluding carboxylic acids is 3. The van der Waals surface area contributed by atoms with Gasteiger partial charge in [0, 0.05) is 38.2 Å². The second-order valence-electron chi connectivity index (χ2n) is 8.82. The van der Waals surface area contributed by atoms with Crippen LogP contribution in [0.15, 0.2) is 12.1 Å². The summed E-state index contributed by atoms with van der Waals surface area (Å²) in [5.41, 5.74) is 0.672. The number of carbonyl (C=O) groups is 3. The summed E-state index contributed by atoms with van der Waals surface area (Å²) in [4.78, 5) is 46.4. The second kappa shape index (κ2) is 10.2. The normalized spacial score (nSPS) is 19.4. The number of amides is 4. The van der Waals surface area contributed by atoms with Gasteiger partial charge in [0.2, 0.25) is 0 Å². The number of hydrogen-bond acceptors (Lipinski definition) is 5. The minimum absolute atomic E-state index is 0.0741. The van der Waals surface area contributed by atoms with E-state index in [0.29, 0.717) is 17.3 Å². The molecular formula is C22H23ClF4N6O4. The van der Waals surface area contributed by atoms with Gasteiger partial charge in [-0.1, -0.05) is 11.6 Å². The van der Waals surface area contributed by atoms with Crippen LogP contribution in [-0.4, -0.2) is 81.7 Å². The van der Waals surface area contributed by atoms with E-state index in [-0.39, 0.29) is 35.9 Å². The molecule has 1 N–H and O–H groups in total. The zero-order chi connectivity index (χ0) is 27.2. The van der Waals surface area contributed by atoms with E-state index in [1.54, 1.807) is 6.92 Å². The van der Waals surface area contributed by atoms with Crippen molar-refractivity contribution in [3.05, 3.63) is 45.7 Å². The first-order valence-corrected chi connectivity index (χ1v) is 11.5. The third kappa shape index (κ3) is 5.21. The largest absolute Gasteiger partial charge is 0.338 e.